The Labute approximate surface area is 215 Å². The summed E-state index contributed by atoms with van der Waals surface area (Å²) in [5.41, 5.74) is 6.01. The number of aromatic nitrogens is 2. The van der Waals surface area contributed by atoms with E-state index in [1.807, 2.05) is 32.8 Å². The van der Waals surface area contributed by atoms with Crippen molar-refractivity contribution < 1.29 is 29.2 Å². The van der Waals surface area contributed by atoms with E-state index >= 15 is 0 Å². The lowest BCUT2D eigenvalue weighted by molar-refractivity contribution is -0.310. The zero-order chi connectivity index (χ0) is 26.9. The zero-order valence-electron chi connectivity index (χ0n) is 21.4. The molecule has 1 aromatic carbocycles. The summed E-state index contributed by atoms with van der Waals surface area (Å²) in [5.74, 6) is -0.282. The van der Waals surface area contributed by atoms with E-state index in [0.717, 1.165) is 0 Å². The number of hydrogen-bond donors (Lipinski definition) is 4. The van der Waals surface area contributed by atoms with E-state index in [1.165, 1.54) is 16.8 Å². The second kappa shape index (κ2) is 11.3. The van der Waals surface area contributed by atoms with Gasteiger partial charge in [0.05, 0.1) is 24.4 Å². The lowest BCUT2D eigenvalue weighted by Gasteiger charge is -2.46. The van der Waals surface area contributed by atoms with E-state index in [9.17, 15) is 19.8 Å². The molecule has 202 valence electrons. The van der Waals surface area contributed by atoms with Crippen LogP contribution in [0.2, 0.25) is 0 Å². The Bertz CT molecular complexity index is 1140. The van der Waals surface area contributed by atoms with Gasteiger partial charge < -0.3 is 40.4 Å². The highest BCUT2D eigenvalue weighted by molar-refractivity contribution is 6.03. The first-order chi connectivity index (χ1) is 17.5. The van der Waals surface area contributed by atoms with E-state index in [0.29, 0.717) is 24.1 Å². The predicted molar refractivity (Wildman–Crippen MR) is 135 cm³/mol. The van der Waals surface area contributed by atoms with Crippen LogP contribution >= 0.6 is 0 Å². The van der Waals surface area contributed by atoms with Gasteiger partial charge in [-0.2, -0.15) is 4.98 Å². The summed E-state index contributed by atoms with van der Waals surface area (Å²) in [4.78, 5) is 30.9. The summed E-state index contributed by atoms with van der Waals surface area (Å²) >= 11 is 0. The summed E-state index contributed by atoms with van der Waals surface area (Å²) in [6, 6.07) is 7.57. The number of aliphatic hydroxyl groups is 2. The minimum absolute atomic E-state index is 0.125. The SMILES string of the molecule is C[C@H]1O[C@H](O[C@H]2CC[C@H](n3ccc(NC(=O)c4ccc(N)cc4)nc3=O)O[C@@H]2C)[C@H](O)[C@@H](O)[C@@H]1N(C)C. The van der Waals surface area contributed by atoms with Crippen LogP contribution < -0.4 is 16.7 Å². The number of amides is 1. The molecule has 4 rings (SSSR count). The van der Waals surface area contributed by atoms with Crippen LogP contribution in [0, 0.1) is 0 Å². The van der Waals surface area contributed by atoms with Gasteiger partial charge in [0.2, 0.25) is 0 Å². The van der Waals surface area contributed by atoms with Crippen LogP contribution in [0.15, 0.2) is 41.3 Å². The fourth-order valence-corrected chi connectivity index (χ4v) is 4.88. The largest absolute Gasteiger partial charge is 0.399 e. The Morgan fingerprint density at radius 3 is 2.43 bits per heavy atom. The highest BCUT2D eigenvalue weighted by atomic mass is 16.7. The van der Waals surface area contributed by atoms with Gasteiger partial charge in [0.15, 0.2) is 6.29 Å². The fraction of sp³-hybridized carbons (Fsp3) is 0.560. The van der Waals surface area contributed by atoms with Gasteiger partial charge in [-0.1, -0.05) is 0 Å². The molecular formula is C25H35N5O7. The van der Waals surface area contributed by atoms with Crippen LogP contribution in [0.5, 0.6) is 0 Å². The Kier molecular flexibility index (Phi) is 8.26. The third-order valence-corrected chi connectivity index (χ3v) is 6.86. The number of nitrogens with two attached hydrogens (primary N) is 1. The molecule has 2 aliphatic heterocycles. The van der Waals surface area contributed by atoms with E-state index < -0.39 is 48.5 Å². The molecule has 0 unspecified atom stereocenters. The van der Waals surface area contributed by atoms with Gasteiger partial charge >= 0.3 is 5.69 Å². The van der Waals surface area contributed by atoms with E-state index in [-0.39, 0.29) is 18.0 Å². The van der Waals surface area contributed by atoms with Crippen LogP contribution in [0.25, 0.3) is 0 Å². The van der Waals surface area contributed by atoms with Gasteiger partial charge in [0.25, 0.3) is 5.91 Å². The molecule has 2 aromatic rings. The molecule has 8 atom stereocenters. The van der Waals surface area contributed by atoms with Crippen molar-refractivity contribution in [1.29, 1.82) is 0 Å². The van der Waals surface area contributed by atoms with Crippen molar-refractivity contribution in [1.82, 2.24) is 14.5 Å². The van der Waals surface area contributed by atoms with Crippen molar-refractivity contribution in [3.63, 3.8) is 0 Å². The summed E-state index contributed by atoms with van der Waals surface area (Å²) in [6.45, 7) is 3.64. The molecule has 2 aliphatic rings. The maximum absolute atomic E-state index is 12.7. The number of likely N-dealkylation sites (N-methyl/N-ethyl adjacent to an activating group) is 1. The quantitative estimate of drug-likeness (QED) is 0.398. The van der Waals surface area contributed by atoms with Crippen molar-refractivity contribution >= 4 is 17.4 Å². The first-order valence-electron chi connectivity index (χ1n) is 12.3. The van der Waals surface area contributed by atoms with Crippen molar-refractivity contribution in [3.8, 4) is 0 Å². The Balaban J connectivity index is 1.36. The summed E-state index contributed by atoms with van der Waals surface area (Å²) in [5, 5.41) is 23.7. The van der Waals surface area contributed by atoms with Crippen molar-refractivity contribution in [2.24, 2.45) is 0 Å². The Hall–Kier alpha value is -2.87. The molecule has 1 amide bonds. The monoisotopic (exact) mass is 517 g/mol. The molecule has 0 bridgehead atoms. The minimum atomic E-state index is -1.21. The summed E-state index contributed by atoms with van der Waals surface area (Å²) in [6.07, 6.45) is -2.49. The summed E-state index contributed by atoms with van der Waals surface area (Å²) < 4.78 is 19.3. The van der Waals surface area contributed by atoms with Gasteiger partial charge in [0.1, 0.15) is 24.3 Å². The molecule has 5 N–H and O–H groups in total. The molecule has 1 aromatic heterocycles. The van der Waals surface area contributed by atoms with Gasteiger partial charge in [-0.25, -0.2) is 4.79 Å². The number of benzene rings is 1. The molecule has 3 heterocycles. The fourth-order valence-electron chi connectivity index (χ4n) is 4.88. The highest BCUT2D eigenvalue weighted by Gasteiger charge is 2.46. The Morgan fingerprint density at radius 1 is 1.11 bits per heavy atom. The third-order valence-electron chi connectivity index (χ3n) is 6.86. The van der Waals surface area contributed by atoms with Crippen LogP contribution in [-0.4, -0.2) is 87.5 Å². The second-order valence-electron chi connectivity index (χ2n) is 9.77. The van der Waals surface area contributed by atoms with E-state index in [2.05, 4.69) is 10.3 Å². The number of anilines is 2. The number of rotatable bonds is 6. The van der Waals surface area contributed by atoms with Crippen LogP contribution in [-0.2, 0) is 14.2 Å². The third kappa shape index (κ3) is 6.00. The lowest BCUT2D eigenvalue weighted by atomic mass is 9.96. The number of aliphatic hydroxyl groups excluding tert-OH is 2. The number of carbonyl (C=O) groups excluding carboxylic acids is 1. The first-order valence-corrected chi connectivity index (χ1v) is 12.3. The highest BCUT2D eigenvalue weighted by Crippen LogP contribution is 2.32. The number of hydrogen-bond acceptors (Lipinski definition) is 10. The minimum Gasteiger partial charge on any atom is -0.399 e. The first kappa shape index (κ1) is 27.2. The van der Waals surface area contributed by atoms with Gasteiger partial charge in [-0.3, -0.25) is 9.36 Å². The predicted octanol–water partition coefficient (Wildman–Crippen LogP) is 0.557. The van der Waals surface area contributed by atoms with Gasteiger partial charge in [-0.05, 0) is 71.1 Å². The normalized spacial score (nSPS) is 32.3. The number of carbonyl (C=O) groups is 1. The van der Waals surface area contributed by atoms with Crippen LogP contribution in [0.4, 0.5) is 11.5 Å². The average molecular weight is 518 g/mol. The Morgan fingerprint density at radius 2 is 1.81 bits per heavy atom. The van der Waals surface area contributed by atoms with Crippen molar-refractivity contribution in [2.75, 3.05) is 25.1 Å². The molecule has 2 fully saturated rings. The lowest BCUT2D eigenvalue weighted by Crippen LogP contribution is -2.62. The van der Waals surface area contributed by atoms with Crippen LogP contribution in [0.3, 0.4) is 0 Å². The van der Waals surface area contributed by atoms with Crippen molar-refractivity contribution in [2.45, 2.75) is 75.8 Å². The number of ether oxygens (including phenoxy) is 3. The molecule has 37 heavy (non-hydrogen) atoms. The standard InChI is InChI=1S/C25H35N5O7/c1-13-17(37-24-22(32)21(31)20(29(3)4)14(2)36-24)9-10-19(35-13)30-12-11-18(28-25(30)34)27-23(33)15-5-7-16(26)8-6-15/h5-8,11-14,17,19-22,24,31-32H,9-10,26H2,1-4H3,(H,27,28,33,34)/t13-,14-,17+,19-,20-,21+,22-,24-/m1/s1. The average Bonchev–Trinajstić information content (AvgIpc) is 2.84. The molecule has 12 heteroatoms. The van der Waals surface area contributed by atoms with Gasteiger partial charge in [0, 0.05) is 17.4 Å². The van der Waals surface area contributed by atoms with Crippen LogP contribution in [0.1, 0.15) is 43.3 Å². The molecular weight excluding hydrogens is 482 g/mol. The molecule has 2 saturated heterocycles. The zero-order valence-corrected chi connectivity index (χ0v) is 21.4. The van der Waals surface area contributed by atoms with Crippen molar-refractivity contribution in [3.05, 3.63) is 52.6 Å². The smallest absolute Gasteiger partial charge is 0.351 e. The maximum atomic E-state index is 12.7. The topological polar surface area (TPSA) is 161 Å². The molecule has 0 spiro atoms. The maximum Gasteiger partial charge on any atom is 0.351 e. The second-order valence-corrected chi connectivity index (χ2v) is 9.77. The molecule has 0 aliphatic carbocycles. The summed E-state index contributed by atoms with van der Waals surface area (Å²) in [7, 11) is 3.63. The van der Waals surface area contributed by atoms with E-state index in [1.54, 1.807) is 24.3 Å². The van der Waals surface area contributed by atoms with E-state index in [4.69, 9.17) is 19.9 Å². The number of nitrogens with one attached hydrogen (secondary N) is 1. The number of nitrogens with zero attached hydrogens (tertiary/aromatic N) is 3. The number of nitrogen functional groups attached to an aromatic ring is 1. The molecule has 0 saturated carbocycles. The molecule has 0 radical (unpaired) electrons. The van der Waals surface area contributed by atoms with Gasteiger partial charge in [-0.15, -0.1) is 0 Å². The molecule has 12 nitrogen and oxygen atoms in total.